The van der Waals surface area contributed by atoms with Crippen LogP contribution in [0.4, 0.5) is 11.4 Å². The van der Waals surface area contributed by atoms with Gasteiger partial charge in [-0.3, -0.25) is 19.5 Å². The third-order valence-electron chi connectivity index (χ3n) is 3.89. The number of aromatic nitrogens is 3. The summed E-state index contributed by atoms with van der Waals surface area (Å²) in [4.78, 5) is 22.7. The van der Waals surface area contributed by atoms with Gasteiger partial charge in [0, 0.05) is 28.3 Å². The van der Waals surface area contributed by atoms with Crippen LogP contribution in [-0.2, 0) is 11.3 Å². The first kappa shape index (κ1) is 22.0. The van der Waals surface area contributed by atoms with Crippen LogP contribution in [0.25, 0.3) is 11.4 Å². The molecule has 0 atom stereocenters. The Morgan fingerprint density at radius 1 is 1.30 bits per heavy atom. The lowest BCUT2D eigenvalue weighted by Crippen LogP contribution is -2.14. The Morgan fingerprint density at radius 2 is 2.03 bits per heavy atom. The van der Waals surface area contributed by atoms with Crippen molar-refractivity contribution in [2.75, 3.05) is 11.1 Å². The molecule has 0 spiro atoms. The van der Waals surface area contributed by atoms with Gasteiger partial charge in [-0.05, 0) is 24.3 Å². The number of carbonyl (C=O) groups excluding carboxylic acids is 1. The van der Waals surface area contributed by atoms with Crippen molar-refractivity contribution in [1.29, 1.82) is 0 Å². The van der Waals surface area contributed by atoms with Gasteiger partial charge < -0.3 is 5.32 Å². The smallest absolute Gasteiger partial charge is 0.289 e. The van der Waals surface area contributed by atoms with Crippen LogP contribution in [-0.4, -0.2) is 31.3 Å². The molecule has 0 unspecified atom stereocenters. The predicted molar refractivity (Wildman–Crippen MR) is 121 cm³/mol. The summed E-state index contributed by atoms with van der Waals surface area (Å²) in [6.07, 6.45) is 1.72. The maximum atomic E-state index is 12.3. The van der Waals surface area contributed by atoms with E-state index < -0.39 is 4.92 Å². The van der Waals surface area contributed by atoms with E-state index in [0.29, 0.717) is 23.2 Å². The summed E-state index contributed by atoms with van der Waals surface area (Å²) in [5.41, 5.74) is 0.907. The van der Waals surface area contributed by atoms with E-state index in [1.54, 1.807) is 6.08 Å². The Hall–Kier alpha value is -2.69. The number of hydrogen-bond acceptors (Lipinski definition) is 6. The zero-order valence-electron chi connectivity index (χ0n) is 15.4. The Balaban J connectivity index is 1.71. The van der Waals surface area contributed by atoms with E-state index in [2.05, 4.69) is 38.0 Å². The highest BCUT2D eigenvalue weighted by molar-refractivity contribution is 9.10. The second kappa shape index (κ2) is 9.88. The molecular formula is C19H15BrClN5O3S. The first-order valence-corrected chi connectivity index (χ1v) is 10.7. The molecule has 1 heterocycles. The Kier molecular flexibility index (Phi) is 7.24. The van der Waals surface area contributed by atoms with Crippen molar-refractivity contribution in [3.05, 3.63) is 74.7 Å². The highest BCUT2D eigenvalue weighted by atomic mass is 79.9. The van der Waals surface area contributed by atoms with Gasteiger partial charge in [-0.15, -0.1) is 16.8 Å². The molecule has 0 saturated carbocycles. The number of rotatable bonds is 8. The molecule has 0 aliphatic carbocycles. The van der Waals surface area contributed by atoms with Crippen molar-refractivity contribution in [3.8, 4) is 11.4 Å². The second-order valence-electron chi connectivity index (χ2n) is 5.97. The van der Waals surface area contributed by atoms with E-state index in [1.807, 2.05) is 28.8 Å². The number of nitro groups is 1. The van der Waals surface area contributed by atoms with Gasteiger partial charge >= 0.3 is 0 Å². The standard InChI is InChI=1S/C19H15BrClN5O3S/c1-2-9-25-18(12-3-5-13(20)6-4-12)23-24-19(25)30-11-17(27)22-14-7-8-15(21)16(10-14)26(28)29/h2-8,10H,1,9,11H2,(H,22,27). The number of benzene rings is 2. The van der Waals surface area contributed by atoms with Gasteiger partial charge in [-0.25, -0.2) is 0 Å². The fraction of sp³-hybridized carbons (Fsp3) is 0.105. The summed E-state index contributed by atoms with van der Waals surface area (Å²) < 4.78 is 2.82. The molecule has 154 valence electrons. The van der Waals surface area contributed by atoms with Gasteiger partial charge in [-0.1, -0.05) is 57.5 Å². The lowest BCUT2D eigenvalue weighted by Gasteiger charge is -2.08. The largest absolute Gasteiger partial charge is 0.325 e. The third-order valence-corrected chi connectivity index (χ3v) is 5.70. The minimum absolute atomic E-state index is 0.00497. The van der Waals surface area contributed by atoms with Crippen LogP contribution in [0.2, 0.25) is 5.02 Å². The number of anilines is 1. The monoisotopic (exact) mass is 507 g/mol. The molecule has 0 aliphatic heterocycles. The van der Waals surface area contributed by atoms with E-state index in [0.717, 1.165) is 10.0 Å². The summed E-state index contributed by atoms with van der Waals surface area (Å²) in [5, 5.41) is 22.6. The fourth-order valence-corrected chi connectivity index (χ4v) is 3.76. The van der Waals surface area contributed by atoms with Crippen molar-refractivity contribution in [3.63, 3.8) is 0 Å². The molecule has 1 aromatic heterocycles. The summed E-state index contributed by atoms with van der Waals surface area (Å²) in [7, 11) is 0. The third kappa shape index (κ3) is 5.26. The van der Waals surface area contributed by atoms with Crippen LogP contribution in [0.3, 0.4) is 0 Å². The van der Waals surface area contributed by atoms with Crippen molar-refractivity contribution in [2.45, 2.75) is 11.7 Å². The minimum atomic E-state index is -0.603. The van der Waals surface area contributed by atoms with Crippen molar-refractivity contribution in [2.24, 2.45) is 0 Å². The summed E-state index contributed by atoms with van der Waals surface area (Å²) >= 11 is 10.4. The van der Waals surface area contributed by atoms with E-state index >= 15 is 0 Å². The van der Waals surface area contributed by atoms with Crippen molar-refractivity contribution >= 4 is 56.6 Å². The van der Waals surface area contributed by atoms with Gasteiger partial charge in [0.1, 0.15) is 5.02 Å². The fourth-order valence-electron chi connectivity index (χ4n) is 2.56. The molecule has 0 bridgehead atoms. The summed E-state index contributed by atoms with van der Waals surface area (Å²) in [6, 6.07) is 11.8. The van der Waals surface area contributed by atoms with Gasteiger partial charge in [-0.2, -0.15) is 0 Å². The number of thioether (sulfide) groups is 1. The van der Waals surface area contributed by atoms with Crippen LogP contribution < -0.4 is 5.32 Å². The maximum Gasteiger partial charge on any atom is 0.289 e. The van der Waals surface area contributed by atoms with Crippen molar-refractivity contribution < 1.29 is 9.72 Å². The van der Waals surface area contributed by atoms with E-state index in [4.69, 9.17) is 11.6 Å². The predicted octanol–water partition coefficient (Wildman–Crippen LogP) is 5.19. The summed E-state index contributed by atoms with van der Waals surface area (Å²) in [5.74, 6) is 0.375. The quantitative estimate of drug-likeness (QED) is 0.194. The zero-order chi connectivity index (χ0) is 21.7. The van der Waals surface area contributed by atoms with Crippen LogP contribution in [0.15, 0.2) is 64.7 Å². The summed E-state index contributed by atoms with van der Waals surface area (Å²) in [6.45, 7) is 4.25. The topological polar surface area (TPSA) is 103 Å². The average Bonchev–Trinajstić information content (AvgIpc) is 3.11. The van der Waals surface area contributed by atoms with E-state index in [-0.39, 0.29) is 22.4 Å². The normalized spacial score (nSPS) is 10.6. The molecule has 3 rings (SSSR count). The lowest BCUT2D eigenvalue weighted by molar-refractivity contribution is -0.384. The molecule has 0 saturated heterocycles. The van der Waals surface area contributed by atoms with Gasteiger partial charge in [0.15, 0.2) is 11.0 Å². The molecule has 2 aromatic carbocycles. The molecule has 3 aromatic rings. The Labute approximate surface area is 189 Å². The molecule has 0 aliphatic rings. The average molecular weight is 509 g/mol. The molecule has 8 nitrogen and oxygen atoms in total. The highest BCUT2D eigenvalue weighted by Gasteiger charge is 2.17. The first-order valence-electron chi connectivity index (χ1n) is 8.55. The maximum absolute atomic E-state index is 12.3. The minimum Gasteiger partial charge on any atom is -0.325 e. The number of hydrogen-bond donors (Lipinski definition) is 1. The lowest BCUT2D eigenvalue weighted by atomic mass is 10.2. The molecule has 0 radical (unpaired) electrons. The molecule has 11 heteroatoms. The Bertz CT molecular complexity index is 1100. The van der Waals surface area contributed by atoms with Crippen LogP contribution in [0, 0.1) is 10.1 Å². The van der Waals surface area contributed by atoms with E-state index in [9.17, 15) is 14.9 Å². The number of allylic oxidation sites excluding steroid dienone is 1. The van der Waals surface area contributed by atoms with Crippen molar-refractivity contribution in [1.82, 2.24) is 14.8 Å². The molecule has 1 amide bonds. The molecular weight excluding hydrogens is 494 g/mol. The second-order valence-corrected chi connectivity index (χ2v) is 8.24. The van der Waals surface area contributed by atoms with Gasteiger partial charge in [0.2, 0.25) is 5.91 Å². The number of carbonyl (C=O) groups is 1. The molecule has 1 N–H and O–H groups in total. The number of amides is 1. The van der Waals surface area contributed by atoms with Crippen LogP contribution >= 0.6 is 39.3 Å². The van der Waals surface area contributed by atoms with Gasteiger partial charge in [0.05, 0.1) is 10.7 Å². The number of halogens is 2. The number of nitrogens with one attached hydrogen (secondary N) is 1. The molecule has 0 fully saturated rings. The van der Waals surface area contributed by atoms with Crippen LogP contribution in [0.1, 0.15) is 0 Å². The molecule has 30 heavy (non-hydrogen) atoms. The van der Waals surface area contributed by atoms with E-state index in [1.165, 1.54) is 30.0 Å². The first-order chi connectivity index (χ1) is 14.4. The number of nitrogens with zero attached hydrogens (tertiary/aromatic N) is 4. The van der Waals surface area contributed by atoms with Gasteiger partial charge in [0.25, 0.3) is 5.69 Å². The Morgan fingerprint density at radius 3 is 2.70 bits per heavy atom. The SMILES string of the molecule is C=CCn1c(SCC(=O)Nc2ccc(Cl)c([N+](=O)[O-])c2)nnc1-c1ccc(Br)cc1. The number of nitro benzene ring substituents is 1. The zero-order valence-corrected chi connectivity index (χ0v) is 18.6. The highest BCUT2D eigenvalue weighted by Crippen LogP contribution is 2.28. The van der Waals surface area contributed by atoms with Crippen LogP contribution in [0.5, 0.6) is 0 Å².